The number of nitrogens with one attached hydrogen (secondary N) is 1. The molecule has 0 radical (unpaired) electrons. The summed E-state index contributed by atoms with van der Waals surface area (Å²) in [6, 6.07) is -0.0388. The molecule has 0 bridgehead atoms. The first-order valence-corrected chi connectivity index (χ1v) is 9.60. The summed E-state index contributed by atoms with van der Waals surface area (Å²) in [5, 5.41) is 7.67. The van der Waals surface area contributed by atoms with Gasteiger partial charge in [0.05, 0.1) is 12.1 Å². The van der Waals surface area contributed by atoms with E-state index in [1.165, 1.54) is 19.3 Å². The highest BCUT2D eigenvalue weighted by Crippen LogP contribution is 2.25. The fraction of sp³-hybridized carbons (Fsp3) is 0.833. The van der Waals surface area contributed by atoms with Gasteiger partial charge in [-0.25, -0.2) is 9.67 Å². The summed E-state index contributed by atoms with van der Waals surface area (Å²) >= 11 is 0. The van der Waals surface area contributed by atoms with Gasteiger partial charge >= 0.3 is 0 Å². The van der Waals surface area contributed by atoms with E-state index in [4.69, 9.17) is 4.74 Å². The molecule has 1 N–H and O–H groups in total. The summed E-state index contributed by atoms with van der Waals surface area (Å²) in [6.45, 7) is 4.97. The molecule has 1 amide bonds. The number of aryl methyl sites for hydroxylation is 2. The maximum absolute atomic E-state index is 12.7. The molecular weight excluding hydrogens is 304 g/mol. The molecule has 2 aliphatic rings. The van der Waals surface area contributed by atoms with Gasteiger partial charge in [-0.2, -0.15) is 5.10 Å². The van der Waals surface area contributed by atoms with Crippen molar-refractivity contribution >= 4 is 5.91 Å². The van der Waals surface area contributed by atoms with E-state index >= 15 is 0 Å². The largest absolute Gasteiger partial charge is 0.365 e. The molecule has 2 atom stereocenters. The Morgan fingerprint density at radius 2 is 2.04 bits per heavy atom. The molecule has 6 nitrogen and oxygen atoms in total. The van der Waals surface area contributed by atoms with Crippen molar-refractivity contribution < 1.29 is 9.53 Å². The minimum atomic E-state index is -0.350. The first kappa shape index (κ1) is 17.4. The van der Waals surface area contributed by atoms with E-state index in [2.05, 4.69) is 22.3 Å². The van der Waals surface area contributed by atoms with Crippen LogP contribution in [0.25, 0.3) is 0 Å². The second-order valence-corrected chi connectivity index (χ2v) is 6.96. The minimum absolute atomic E-state index is 0.00238. The average Bonchev–Trinajstić information content (AvgIpc) is 3.05. The zero-order chi connectivity index (χ0) is 16.9. The van der Waals surface area contributed by atoms with Gasteiger partial charge in [-0.05, 0) is 32.1 Å². The minimum Gasteiger partial charge on any atom is -0.365 e. The first-order valence-electron chi connectivity index (χ1n) is 9.60. The highest BCUT2D eigenvalue weighted by Gasteiger charge is 2.29. The van der Waals surface area contributed by atoms with Crippen LogP contribution >= 0.6 is 0 Å². The number of carbonyl (C=O) groups excluding carboxylic acids is 1. The average molecular weight is 334 g/mol. The number of hydrogen-bond donors (Lipinski definition) is 1. The maximum Gasteiger partial charge on any atom is 0.249 e. The van der Waals surface area contributed by atoms with Gasteiger partial charge in [0.1, 0.15) is 11.9 Å². The van der Waals surface area contributed by atoms with E-state index in [1.54, 1.807) is 0 Å². The van der Waals surface area contributed by atoms with E-state index in [0.717, 1.165) is 50.3 Å². The Morgan fingerprint density at radius 3 is 2.75 bits per heavy atom. The van der Waals surface area contributed by atoms with Crippen LogP contribution in [-0.2, 0) is 22.5 Å². The van der Waals surface area contributed by atoms with E-state index in [1.807, 2.05) is 11.6 Å². The predicted octanol–water partition coefficient (Wildman–Crippen LogP) is 2.92. The zero-order valence-corrected chi connectivity index (χ0v) is 15.0. The summed E-state index contributed by atoms with van der Waals surface area (Å²) in [7, 11) is 0. The van der Waals surface area contributed by atoms with Crippen LogP contribution < -0.4 is 5.32 Å². The van der Waals surface area contributed by atoms with Crippen molar-refractivity contribution in [1.29, 1.82) is 0 Å². The lowest BCUT2D eigenvalue weighted by Crippen LogP contribution is -2.42. The topological polar surface area (TPSA) is 69.0 Å². The van der Waals surface area contributed by atoms with Crippen LogP contribution in [0.1, 0.15) is 82.9 Å². The highest BCUT2D eigenvalue weighted by molar-refractivity contribution is 5.81. The standard InChI is InChI=1S/C18H30N4O2/c1-3-15(24-13-9-6-5-7-10-13)18(23)19-14-11-8-12-22-17(14)20-16(4-2)21-22/h13-15H,3-12H2,1-2H3,(H,19,23). The number of ether oxygens (including phenoxy) is 1. The second-order valence-electron chi connectivity index (χ2n) is 6.96. The Kier molecular flexibility index (Phi) is 5.87. The number of aromatic nitrogens is 3. The van der Waals surface area contributed by atoms with Crippen LogP contribution in [0.4, 0.5) is 0 Å². The molecule has 24 heavy (non-hydrogen) atoms. The maximum atomic E-state index is 12.7. The normalized spacial score (nSPS) is 22.8. The van der Waals surface area contributed by atoms with Gasteiger partial charge in [-0.15, -0.1) is 0 Å². The number of rotatable bonds is 6. The van der Waals surface area contributed by atoms with Gasteiger partial charge in [0.15, 0.2) is 5.82 Å². The smallest absolute Gasteiger partial charge is 0.249 e. The van der Waals surface area contributed by atoms with Crippen molar-refractivity contribution in [3.05, 3.63) is 11.6 Å². The van der Waals surface area contributed by atoms with Crippen molar-refractivity contribution in [3.63, 3.8) is 0 Å². The number of fused-ring (bicyclic) bond motifs is 1. The summed E-state index contributed by atoms with van der Waals surface area (Å²) < 4.78 is 8.06. The Labute approximate surface area is 144 Å². The van der Waals surface area contributed by atoms with Crippen LogP contribution in [-0.4, -0.2) is 32.9 Å². The fourth-order valence-corrected chi connectivity index (χ4v) is 3.73. The first-order chi connectivity index (χ1) is 11.7. The molecule has 0 aromatic carbocycles. The van der Waals surface area contributed by atoms with Crippen LogP contribution in [0.15, 0.2) is 0 Å². The van der Waals surface area contributed by atoms with Gasteiger partial charge in [-0.3, -0.25) is 4.79 Å². The van der Waals surface area contributed by atoms with Crippen LogP contribution in [0.5, 0.6) is 0 Å². The molecule has 1 aromatic rings. The summed E-state index contributed by atoms with van der Waals surface area (Å²) in [4.78, 5) is 17.3. The van der Waals surface area contributed by atoms with E-state index < -0.39 is 0 Å². The van der Waals surface area contributed by atoms with Gasteiger partial charge in [0.2, 0.25) is 5.91 Å². The highest BCUT2D eigenvalue weighted by atomic mass is 16.5. The van der Waals surface area contributed by atoms with E-state index in [0.29, 0.717) is 6.42 Å². The number of hydrogen-bond acceptors (Lipinski definition) is 4. The van der Waals surface area contributed by atoms with Crippen molar-refractivity contribution in [2.75, 3.05) is 0 Å². The third-order valence-electron chi connectivity index (χ3n) is 5.12. The number of amides is 1. The molecule has 1 aliphatic heterocycles. The van der Waals surface area contributed by atoms with Crippen molar-refractivity contribution in [3.8, 4) is 0 Å². The summed E-state index contributed by atoms with van der Waals surface area (Å²) in [5.74, 6) is 1.76. The van der Waals surface area contributed by atoms with Crippen LogP contribution in [0, 0.1) is 0 Å². The fourth-order valence-electron chi connectivity index (χ4n) is 3.73. The molecule has 134 valence electrons. The zero-order valence-electron chi connectivity index (χ0n) is 15.0. The molecule has 1 aliphatic carbocycles. The molecule has 1 fully saturated rings. The van der Waals surface area contributed by atoms with Crippen molar-refractivity contribution in [2.24, 2.45) is 0 Å². The van der Waals surface area contributed by atoms with Crippen molar-refractivity contribution in [2.45, 2.75) is 96.4 Å². The van der Waals surface area contributed by atoms with Gasteiger partial charge in [0.25, 0.3) is 0 Å². The molecule has 1 aromatic heterocycles. The Bertz CT molecular complexity index is 551. The summed E-state index contributed by atoms with van der Waals surface area (Å²) in [6.07, 6.45) is 9.27. The Morgan fingerprint density at radius 1 is 1.25 bits per heavy atom. The summed E-state index contributed by atoms with van der Waals surface area (Å²) in [5.41, 5.74) is 0. The molecule has 6 heteroatoms. The SMILES string of the molecule is CCc1nc2n(n1)CCCC2NC(=O)C(CC)OC1CCCCC1. The third-order valence-corrected chi connectivity index (χ3v) is 5.12. The third kappa shape index (κ3) is 3.97. The molecular formula is C18H30N4O2. The lowest BCUT2D eigenvalue weighted by atomic mass is 9.97. The molecule has 2 unspecified atom stereocenters. The lowest BCUT2D eigenvalue weighted by molar-refractivity contribution is -0.139. The monoisotopic (exact) mass is 334 g/mol. The predicted molar refractivity (Wildman–Crippen MR) is 91.6 cm³/mol. The molecule has 1 saturated carbocycles. The van der Waals surface area contributed by atoms with Crippen LogP contribution in [0.3, 0.4) is 0 Å². The molecule has 0 spiro atoms. The number of nitrogens with zero attached hydrogens (tertiary/aromatic N) is 3. The van der Waals surface area contributed by atoms with Crippen molar-refractivity contribution in [1.82, 2.24) is 20.1 Å². The molecule has 2 heterocycles. The van der Waals surface area contributed by atoms with E-state index in [9.17, 15) is 4.79 Å². The molecule has 3 rings (SSSR count). The quantitative estimate of drug-likeness (QED) is 0.868. The van der Waals surface area contributed by atoms with E-state index in [-0.39, 0.29) is 24.2 Å². The van der Waals surface area contributed by atoms with Gasteiger partial charge in [0, 0.05) is 13.0 Å². The van der Waals surface area contributed by atoms with Crippen LogP contribution in [0.2, 0.25) is 0 Å². The van der Waals surface area contributed by atoms with Gasteiger partial charge in [-0.1, -0.05) is 33.1 Å². The molecule has 0 saturated heterocycles. The second kappa shape index (κ2) is 8.10. The number of carbonyl (C=O) groups is 1. The Hall–Kier alpha value is -1.43. The van der Waals surface area contributed by atoms with Gasteiger partial charge < -0.3 is 10.1 Å². The Balaban J connectivity index is 1.62. The lowest BCUT2D eigenvalue weighted by Gasteiger charge is -2.29.